The van der Waals surface area contributed by atoms with Gasteiger partial charge in [0.05, 0.1) is 11.5 Å². The lowest BCUT2D eigenvalue weighted by Gasteiger charge is -2.32. The van der Waals surface area contributed by atoms with E-state index in [1.807, 2.05) is 7.05 Å². The van der Waals surface area contributed by atoms with Crippen LogP contribution in [0.1, 0.15) is 17.7 Å². The first-order valence-electron chi connectivity index (χ1n) is 6.06. The third-order valence-corrected chi connectivity index (χ3v) is 4.14. The molecule has 0 radical (unpaired) electrons. The van der Waals surface area contributed by atoms with Crippen molar-refractivity contribution in [1.82, 2.24) is 9.97 Å². The molecule has 1 aliphatic rings. The van der Waals surface area contributed by atoms with Gasteiger partial charge in [0.15, 0.2) is 0 Å². The average Bonchev–Trinajstić information content (AvgIpc) is 2.67. The molecule has 1 saturated carbocycles. The summed E-state index contributed by atoms with van der Waals surface area (Å²) in [6, 6.07) is 2.43. The number of aliphatic hydroxyl groups is 1. The molecule has 1 aliphatic carbocycles. The van der Waals surface area contributed by atoms with Gasteiger partial charge in [0.2, 0.25) is 5.95 Å². The summed E-state index contributed by atoms with van der Waals surface area (Å²) < 4.78 is 0. The van der Waals surface area contributed by atoms with Crippen molar-refractivity contribution in [3.8, 4) is 0 Å². The van der Waals surface area contributed by atoms with Crippen molar-refractivity contribution in [2.75, 3.05) is 17.7 Å². The molecule has 0 aliphatic heterocycles. The number of hydrogen-bond donors (Lipinski definition) is 3. The van der Waals surface area contributed by atoms with Crippen molar-refractivity contribution in [3.05, 3.63) is 10.9 Å². The van der Waals surface area contributed by atoms with Gasteiger partial charge in [0, 0.05) is 18.0 Å². The number of nitrogens with zero attached hydrogens (tertiary/aromatic N) is 2. The molecule has 5 nitrogen and oxygen atoms in total. The Balaban J connectivity index is 1.97. The zero-order valence-electron chi connectivity index (χ0n) is 10.4. The molecule has 2 aromatic rings. The normalized spacial score (nSPS) is 22.8. The molecular formula is C12H16N4OS. The minimum atomic E-state index is -0.159. The Hall–Kier alpha value is -1.40. The van der Waals surface area contributed by atoms with E-state index in [4.69, 9.17) is 0 Å². The fourth-order valence-corrected chi connectivity index (χ4v) is 3.04. The molecule has 18 heavy (non-hydrogen) atoms. The van der Waals surface area contributed by atoms with Crippen LogP contribution in [0.2, 0.25) is 0 Å². The zero-order valence-corrected chi connectivity index (χ0v) is 11.2. The molecule has 3 N–H and O–H groups in total. The van der Waals surface area contributed by atoms with Crippen LogP contribution in [0.3, 0.4) is 0 Å². The summed E-state index contributed by atoms with van der Waals surface area (Å²) in [5, 5.41) is 16.8. The van der Waals surface area contributed by atoms with Crippen molar-refractivity contribution in [2.45, 2.75) is 31.9 Å². The molecule has 96 valence electrons. The predicted octanol–water partition coefficient (Wildman–Crippen LogP) is 1.98. The maximum atomic E-state index is 9.33. The van der Waals surface area contributed by atoms with E-state index in [2.05, 4.69) is 33.6 Å². The van der Waals surface area contributed by atoms with Gasteiger partial charge in [0.1, 0.15) is 10.6 Å². The molecule has 1 fully saturated rings. The lowest BCUT2D eigenvalue weighted by Crippen LogP contribution is -2.39. The van der Waals surface area contributed by atoms with E-state index >= 15 is 0 Å². The SMILES string of the molecule is CNc1nc(NC2CC(O)C2)c2cc(C)sc2n1. The van der Waals surface area contributed by atoms with Crippen LogP contribution >= 0.6 is 11.3 Å². The molecular weight excluding hydrogens is 248 g/mol. The van der Waals surface area contributed by atoms with E-state index in [0.717, 1.165) is 28.9 Å². The number of fused-ring (bicyclic) bond motifs is 1. The number of nitrogens with one attached hydrogen (secondary N) is 2. The number of hydrogen-bond acceptors (Lipinski definition) is 6. The van der Waals surface area contributed by atoms with Gasteiger partial charge in [-0.15, -0.1) is 11.3 Å². The summed E-state index contributed by atoms with van der Waals surface area (Å²) >= 11 is 1.67. The topological polar surface area (TPSA) is 70.1 Å². The van der Waals surface area contributed by atoms with Gasteiger partial charge in [-0.25, -0.2) is 4.98 Å². The quantitative estimate of drug-likeness (QED) is 0.790. The first-order chi connectivity index (χ1) is 8.65. The second-order valence-electron chi connectivity index (χ2n) is 4.69. The Morgan fingerprint density at radius 1 is 1.39 bits per heavy atom. The van der Waals surface area contributed by atoms with E-state index in [-0.39, 0.29) is 6.10 Å². The van der Waals surface area contributed by atoms with E-state index < -0.39 is 0 Å². The highest BCUT2D eigenvalue weighted by Crippen LogP contribution is 2.32. The summed E-state index contributed by atoms with van der Waals surface area (Å²) in [6.45, 7) is 2.07. The van der Waals surface area contributed by atoms with Crippen LogP contribution in [-0.2, 0) is 0 Å². The fourth-order valence-electron chi connectivity index (χ4n) is 2.16. The molecule has 2 heterocycles. The summed E-state index contributed by atoms with van der Waals surface area (Å²) in [7, 11) is 1.82. The van der Waals surface area contributed by atoms with Crippen LogP contribution in [-0.4, -0.2) is 34.3 Å². The highest BCUT2D eigenvalue weighted by molar-refractivity contribution is 7.18. The predicted molar refractivity (Wildman–Crippen MR) is 74.4 cm³/mol. The molecule has 0 atom stereocenters. The Kier molecular flexibility index (Phi) is 2.83. The second-order valence-corrected chi connectivity index (χ2v) is 5.92. The molecule has 0 bridgehead atoms. The summed E-state index contributed by atoms with van der Waals surface area (Å²) in [4.78, 5) is 11.1. The maximum absolute atomic E-state index is 9.33. The Labute approximate surface area is 109 Å². The average molecular weight is 264 g/mol. The fraction of sp³-hybridized carbons (Fsp3) is 0.500. The first-order valence-corrected chi connectivity index (χ1v) is 6.88. The first kappa shape index (κ1) is 11.7. The monoisotopic (exact) mass is 264 g/mol. The molecule has 0 spiro atoms. The van der Waals surface area contributed by atoms with Crippen molar-refractivity contribution >= 4 is 33.3 Å². The van der Waals surface area contributed by atoms with E-state index in [9.17, 15) is 5.11 Å². The molecule has 3 rings (SSSR count). The molecule has 0 amide bonds. The van der Waals surface area contributed by atoms with E-state index in [0.29, 0.717) is 12.0 Å². The minimum Gasteiger partial charge on any atom is -0.393 e. The van der Waals surface area contributed by atoms with E-state index in [1.165, 1.54) is 4.88 Å². The lowest BCUT2D eigenvalue weighted by molar-refractivity contribution is 0.0836. The van der Waals surface area contributed by atoms with Crippen molar-refractivity contribution in [2.24, 2.45) is 0 Å². The van der Waals surface area contributed by atoms with Crippen LogP contribution < -0.4 is 10.6 Å². The van der Waals surface area contributed by atoms with Crippen LogP contribution in [0.4, 0.5) is 11.8 Å². The van der Waals surface area contributed by atoms with Gasteiger partial charge in [-0.1, -0.05) is 0 Å². The number of rotatable bonds is 3. The zero-order chi connectivity index (χ0) is 12.7. The van der Waals surface area contributed by atoms with Crippen LogP contribution in [0, 0.1) is 6.92 Å². The lowest BCUT2D eigenvalue weighted by atomic mass is 9.89. The smallest absolute Gasteiger partial charge is 0.225 e. The third kappa shape index (κ3) is 2.02. The number of aromatic nitrogens is 2. The van der Waals surface area contributed by atoms with Crippen LogP contribution in [0.15, 0.2) is 6.07 Å². The third-order valence-electron chi connectivity index (χ3n) is 3.19. The van der Waals surface area contributed by atoms with Gasteiger partial charge in [0.25, 0.3) is 0 Å². The van der Waals surface area contributed by atoms with Crippen LogP contribution in [0.25, 0.3) is 10.2 Å². The molecule has 0 unspecified atom stereocenters. The molecule has 0 saturated heterocycles. The molecule has 6 heteroatoms. The van der Waals surface area contributed by atoms with Gasteiger partial charge in [-0.3, -0.25) is 0 Å². The van der Waals surface area contributed by atoms with Gasteiger partial charge in [-0.2, -0.15) is 4.98 Å². The standard InChI is InChI=1S/C12H16N4OS/c1-6-3-9-10(14-7-4-8(17)5-7)15-12(13-2)16-11(9)18-6/h3,7-8,17H,4-5H2,1-2H3,(H2,13,14,15,16). The highest BCUT2D eigenvalue weighted by atomic mass is 32.1. The Bertz CT molecular complexity index is 577. The van der Waals surface area contributed by atoms with Crippen molar-refractivity contribution in [3.63, 3.8) is 0 Å². The number of anilines is 2. The molecule has 2 aromatic heterocycles. The number of thiophene rings is 1. The Morgan fingerprint density at radius 2 is 2.17 bits per heavy atom. The molecule has 0 aromatic carbocycles. The summed E-state index contributed by atoms with van der Waals surface area (Å²) in [5.74, 6) is 1.50. The maximum Gasteiger partial charge on any atom is 0.225 e. The number of aryl methyl sites for hydroxylation is 1. The highest BCUT2D eigenvalue weighted by Gasteiger charge is 2.28. The summed E-state index contributed by atoms with van der Waals surface area (Å²) in [5.41, 5.74) is 0. The van der Waals surface area contributed by atoms with Crippen molar-refractivity contribution in [1.29, 1.82) is 0 Å². The van der Waals surface area contributed by atoms with Gasteiger partial charge < -0.3 is 15.7 Å². The second kappa shape index (κ2) is 4.37. The number of aliphatic hydroxyl groups excluding tert-OH is 1. The largest absolute Gasteiger partial charge is 0.393 e. The van der Waals surface area contributed by atoms with Gasteiger partial charge in [-0.05, 0) is 25.8 Å². The van der Waals surface area contributed by atoms with Gasteiger partial charge >= 0.3 is 0 Å². The van der Waals surface area contributed by atoms with Crippen LogP contribution in [0.5, 0.6) is 0 Å². The van der Waals surface area contributed by atoms with E-state index in [1.54, 1.807) is 11.3 Å². The Morgan fingerprint density at radius 3 is 2.83 bits per heavy atom. The van der Waals surface area contributed by atoms with Crippen molar-refractivity contribution < 1.29 is 5.11 Å². The minimum absolute atomic E-state index is 0.159. The summed E-state index contributed by atoms with van der Waals surface area (Å²) in [6.07, 6.45) is 1.43.